The Morgan fingerprint density at radius 2 is 2.04 bits per heavy atom. The summed E-state index contributed by atoms with van der Waals surface area (Å²) < 4.78 is 5.99. The molecule has 0 bridgehead atoms. The molecule has 0 aliphatic carbocycles. The first-order valence-corrected chi connectivity index (χ1v) is 8.25. The average molecular weight is 343 g/mol. The molecule has 0 saturated heterocycles. The number of para-hydroxylation sites is 1. The van der Waals surface area contributed by atoms with Crippen molar-refractivity contribution in [1.29, 1.82) is 0 Å². The Morgan fingerprint density at radius 1 is 1.25 bits per heavy atom. The fourth-order valence-electron chi connectivity index (χ4n) is 2.36. The normalized spacial score (nSPS) is 11.0. The molecule has 0 aliphatic heterocycles. The van der Waals surface area contributed by atoms with Crippen LogP contribution >= 0.6 is 11.6 Å². The Labute approximate surface area is 149 Å². The molecular weight excluding hydrogens is 320 g/mol. The largest absolute Gasteiger partial charge is 0.493 e. The first-order valence-electron chi connectivity index (χ1n) is 7.87. The number of halogens is 1. The molecule has 2 N–H and O–H groups in total. The second-order valence-electron chi connectivity index (χ2n) is 5.35. The summed E-state index contributed by atoms with van der Waals surface area (Å²) in [6, 6.07) is 14.0. The molecule has 0 radical (unpaired) electrons. The maximum Gasteiger partial charge on any atom is 0.126 e. The van der Waals surface area contributed by atoms with Crippen LogP contribution in [0.1, 0.15) is 18.1 Å². The van der Waals surface area contributed by atoms with Crippen LogP contribution in [0, 0.1) is 0 Å². The molecule has 0 spiro atoms. The predicted octanol–water partition coefficient (Wildman–Crippen LogP) is 5.10. The van der Waals surface area contributed by atoms with Crippen molar-refractivity contribution in [3.63, 3.8) is 0 Å². The van der Waals surface area contributed by atoms with E-state index in [4.69, 9.17) is 16.3 Å². The minimum atomic E-state index is 0.567. The van der Waals surface area contributed by atoms with Crippen molar-refractivity contribution in [2.75, 3.05) is 19.0 Å². The van der Waals surface area contributed by atoms with Crippen LogP contribution < -0.4 is 15.4 Å². The zero-order valence-electron chi connectivity index (χ0n) is 14.1. The fourth-order valence-corrected chi connectivity index (χ4v) is 2.63. The second kappa shape index (κ2) is 9.04. The maximum absolute atomic E-state index is 6.31. The monoisotopic (exact) mass is 342 g/mol. The summed E-state index contributed by atoms with van der Waals surface area (Å²) in [6.45, 7) is 6.25. The third kappa shape index (κ3) is 4.80. The van der Waals surface area contributed by atoms with E-state index in [0.29, 0.717) is 6.61 Å². The molecule has 0 aromatic heterocycles. The van der Waals surface area contributed by atoms with Crippen molar-refractivity contribution in [2.45, 2.75) is 13.3 Å². The molecule has 0 heterocycles. The summed E-state index contributed by atoms with van der Waals surface area (Å²) in [5.41, 5.74) is 4.23. The van der Waals surface area contributed by atoms with Gasteiger partial charge in [0.1, 0.15) is 5.75 Å². The van der Waals surface area contributed by atoms with Gasteiger partial charge in [0.15, 0.2) is 0 Å². The Kier molecular flexibility index (Phi) is 6.76. The summed E-state index contributed by atoms with van der Waals surface area (Å²) in [4.78, 5) is 0. The lowest BCUT2D eigenvalue weighted by Crippen LogP contribution is -2.04. The SMILES string of the molecule is C=CN/C=C(\C)c1ccccc1OCCc1ccc(NC)cc1Cl. The van der Waals surface area contributed by atoms with Crippen LogP contribution in [0.5, 0.6) is 5.75 Å². The van der Waals surface area contributed by atoms with Gasteiger partial charge < -0.3 is 15.4 Å². The van der Waals surface area contributed by atoms with Gasteiger partial charge in [-0.15, -0.1) is 0 Å². The minimum Gasteiger partial charge on any atom is -0.493 e. The van der Waals surface area contributed by atoms with Crippen LogP contribution in [0.3, 0.4) is 0 Å². The highest BCUT2D eigenvalue weighted by Gasteiger charge is 2.06. The number of hydrogen-bond acceptors (Lipinski definition) is 3. The maximum atomic E-state index is 6.31. The van der Waals surface area contributed by atoms with Gasteiger partial charge in [-0.1, -0.05) is 42.4 Å². The van der Waals surface area contributed by atoms with E-state index in [2.05, 4.69) is 17.2 Å². The molecule has 2 rings (SSSR count). The van der Waals surface area contributed by atoms with Crippen LogP contribution in [-0.4, -0.2) is 13.7 Å². The Hall–Kier alpha value is -2.39. The van der Waals surface area contributed by atoms with E-state index in [1.165, 1.54) is 0 Å². The Bertz CT molecular complexity index is 725. The molecule has 126 valence electrons. The molecule has 24 heavy (non-hydrogen) atoms. The lowest BCUT2D eigenvalue weighted by molar-refractivity contribution is 0.321. The van der Waals surface area contributed by atoms with Gasteiger partial charge in [-0.3, -0.25) is 0 Å². The summed E-state index contributed by atoms with van der Waals surface area (Å²) in [5.74, 6) is 0.861. The molecule has 0 aliphatic rings. The third-order valence-electron chi connectivity index (χ3n) is 3.70. The smallest absolute Gasteiger partial charge is 0.126 e. The van der Waals surface area contributed by atoms with Crippen molar-refractivity contribution in [3.8, 4) is 5.75 Å². The zero-order chi connectivity index (χ0) is 17.4. The molecule has 2 aromatic rings. The highest BCUT2D eigenvalue weighted by Crippen LogP contribution is 2.26. The van der Waals surface area contributed by atoms with Crippen LogP contribution in [0.2, 0.25) is 5.02 Å². The van der Waals surface area contributed by atoms with Crippen molar-refractivity contribution in [3.05, 3.63) is 77.6 Å². The van der Waals surface area contributed by atoms with E-state index in [9.17, 15) is 0 Å². The van der Waals surface area contributed by atoms with Crippen molar-refractivity contribution in [2.24, 2.45) is 0 Å². The number of ether oxygens (including phenoxy) is 1. The van der Waals surface area contributed by atoms with Crippen LogP contribution in [0.25, 0.3) is 5.57 Å². The topological polar surface area (TPSA) is 33.3 Å². The molecular formula is C20H23ClN2O. The van der Waals surface area contributed by atoms with Gasteiger partial charge in [-0.25, -0.2) is 0 Å². The Balaban J connectivity index is 2.04. The molecule has 0 atom stereocenters. The molecule has 0 saturated carbocycles. The quantitative estimate of drug-likeness (QED) is 0.700. The van der Waals surface area contributed by atoms with E-state index in [1.54, 1.807) is 6.20 Å². The summed E-state index contributed by atoms with van der Waals surface area (Å²) in [6.07, 6.45) is 4.30. The van der Waals surface area contributed by atoms with Crippen LogP contribution in [0.15, 0.2) is 61.4 Å². The number of hydrogen-bond donors (Lipinski definition) is 2. The van der Waals surface area contributed by atoms with Crippen molar-refractivity contribution in [1.82, 2.24) is 5.32 Å². The fraction of sp³-hybridized carbons (Fsp3) is 0.200. The average Bonchev–Trinajstić information content (AvgIpc) is 2.61. The minimum absolute atomic E-state index is 0.567. The van der Waals surface area contributed by atoms with Gasteiger partial charge in [-0.05, 0) is 42.5 Å². The molecule has 0 unspecified atom stereocenters. The van der Waals surface area contributed by atoms with Gasteiger partial charge in [0, 0.05) is 35.9 Å². The standard InChI is InChI=1S/C20H23ClN2O/c1-4-23-14-15(2)18-7-5-6-8-20(18)24-12-11-16-9-10-17(22-3)13-19(16)21/h4-10,13-14,22-23H,1,11-12H2,2-3H3/b15-14+. The predicted molar refractivity (Wildman–Crippen MR) is 104 cm³/mol. The zero-order valence-corrected chi connectivity index (χ0v) is 14.9. The van der Waals surface area contributed by atoms with E-state index in [1.807, 2.05) is 62.6 Å². The van der Waals surface area contributed by atoms with E-state index < -0.39 is 0 Å². The number of benzene rings is 2. The highest BCUT2D eigenvalue weighted by atomic mass is 35.5. The number of rotatable bonds is 8. The van der Waals surface area contributed by atoms with Crippen molar-refractivity contribution < 1.29 is 4.74 Å². The number of allylic oxidation sites excluding steroid dienone is 1. The van der Waals surface area contributed by atoms with Gasteiger partial charge >= 0.3 is 0 Å². The van der Waals surface area contributed by atoms with Gasteiger partial charge in [0.25, 0.3) is 0 Å². The van der Waals surface area contributed by atoms with Gasteiger partial charge in [-0.2, -0.15) is 0 Å². The van der Waals surface area contributed by atoms with Crippen molar-refractivity contribution >= 4 is 22.9 Å². The molecule has 4 heteroatoms. The molecule has 0 amide bonds. The number of anilines is 1. The highest BCUT2D eigenvalue weighted by molar-refractivity contribution is 6.31. The summed E-state index contributed by atoms with van der Waals surface area (Å²) in [7, 11) is 1.88. The second-order valence-corrected chi connectivity index (χ2v) is 5.76. The summed E-state index contributed by atoms with van der Waals surface area (Å²) in [5, 5.41) is 6.83. The lowest BCUT2D eigenvalue weighted by Gasteiger charge is -2.13. The molecule has 2 aromatic carbocycles. The van der Waals surface area contributed by atoms with Gasteiger partial charge in [0.05, 0.1) is 6.61 Å². The lowest BCUT2D eigenvalue weighted by atomic mass is 10.1. The first kappa shape index (κ1) is 18.0. The number of nitrogens with one attached hydrogen (secondary N) is 2. The van der Waals surface area contributed by atoms with Crippen LogP contribution in [-0.2, 0) is 6.42 Å². The third-order valence-corrected chi connectivity index (χ3v) is 4.05. The van der Waals surface area contributed by atoms with Gasteiger partial charge in [0.2, 0.25) is 0 Å². The summed E-state index contributed by atoms with van der Waals surface area (Å²) >= 11 is 6.31. The molecule has 0 fully saturated rings. The van der Waals surface area contributed by atoms with E-state index in [-0.39, 0.29) is 0 Å². The first-order chi connectivity index (χ1) is 11.7. The van der Waals surface area contributed by atoms with E-state index >= 15 is 0 Å². The molecule has 3 nitrogen and oxygen atoms in total. The Morgan fingerprint density at radius 3 is 2.75 bits per heavy atom. The van der Waals surface area contributed by atoms with E-state index in [0.717, 1.165) is 39.6 Å². The van der Waals surface area contributed by atoms with Crippen LogP contribution in [0.4, 0.5) is 5.69 Å².